The third-order valence-electron chi connectivity index (χ3n) is 1.26. The molecule has 1 rings (SSSR count). The van der Waals surface area contributed by atoms with Crippen molar-refractivity contribution in [2.75, 3.05) is 0 Å². The molecule has 0 aliphatic carbocycles. The predicted molar refractivity (Wildman–Crippen MR) is 58.1 cm³/mol. The number of aromatic carboxylic acids is 1. The van der Waals surface area contributed by atoms with Crippen molar-refractivity contribution in [3.05, 3.63) is 27.3 Å². The van der Waals surface area contributed by atoms with E-state index in [1.165, 1.54) is 6.07 Å². The molecule has 0 fully saturated rings. The molecule has 0 aliphatic heterocycles. The molecule has 0 unspecified atom stereocenters. The number of carboxylic acids is 1. The van der Waals surface area contributed by atoms with Crippen LogP contribution in [0.1, 0.15) is 10.4 Å². The van der Waals surface area contributed by atoms with Crippen molar-refractivity contribution in [3.63, 3.8) is 0 Å². The van der Waals surface area contributed by atoms with E-state index in [2.05, 4.69) is 0 Å². The summed E-state index contributed by atoms with van der Waals surface area (Å²) >= 11 is 3.64. The van der Waals surface area contributed by atoms with Crippen LogP contribution in [0, 0.1) is 3.57 Å². The molecule has 1 aromatic carbocycles. The molecule has 0 heterocycles. The van der Waals surface area contributed by atoms with Crippen LogP contribution in [-0.4, -0.2) is 5.97 Å². The Bertz CT molecular complexity index is 317. The van der Waals surface area contributed by atoms with E-state index in [1.807, 2.05) is 22.6 Å². The number of hydrogen-bond acceptors (Lipinski definition) is 3. The molecule has 0 bridgehead atoms. The molecule has 0 amide bonds. The molecule has 0 atom stereocenters. The summed E-state index contributed by atoms with van der Waals surface area (Å²) in [5.74, 6) is -0.876. The normalized spacial score (nSPS) is 8.77. The predicted octanol–water partition coefficient (Wildman–Crippen LogP) is -1.61. The fourth-order valence-corrected chi connectivity index (χ4v) is 2.25. The van der Waals surface area contributed by atoms with Crippen molar-refractivity contribution in [1.82, 2.24) is 0 Å². The minimum atomic E-state index is -1.22. The summed E-state index contributed by atoms with van der Waals surface area (Å²) in [6.07, 6.45) is 0. The molecule has 13 heavy (non-hydrogen) atoms. The maximum atomic E-state index is 10.5. The molecule has 3 nitrogen and oxygen atoms in total. The Hall–Kier alpha value is 0.547. The van der Waals surface area contributed by atoms with E-state index in [1.54, 1.807) is 35.1 Å². The monoisotopic (exact) mass is 396 g/mol. The summed E-state index contributed by atoms with van der Waals surface area (Å²) in [4.78, 5) is 10.5. The number of halogens is 2. The van der Waals surface area contributed by atoms with Crippen molar-refractivity contribution in [3.8, 4) is 5.75 Å². The molecule has 0 spiro atoms. The Morgan fingerprint density at radius 3 is 2.46 bits per heavy atom. The van der Waals surface area contributed by atoms with E-state index >= 15 is 0 Å². The van der Waals surface area contributed by atoms with E-state index in [9.17, 15) is 9.90 Å². The fourth-order valence-electron chi connectivity index (χ4n) is 0.748. The maximum absolute atomic E-state index is 10.5. The van der Waals surface area contributed by atoms with E-state index in [-0.39, 0.29) is 24.4 Å². The Labute approximate surface area is 115 Å². The molecule has 64 valence electrons. The van der Waals surface area contributed by atoms with Gasteiger partial charge in [0.25, 0.3) is 0 Å². The van der Waals surface area contributed by atoms with Crippen molar-refractivity contribution < 1.29 is 31.8 Å². The summed E-state index contributed by atoms with van der Waals surface area (Å²) in [6.45, 7) is 0. The minimum absolute atomic E-state index is 0. The molecule has 1 aromatic rings. The van der Waals surface area contributed by atoms with Gasteiger partial charge in [0.05, 0.1) is 9.54 Å². The molecule has 0 N–H and O–H groups in total. The van der Waals surface area contributed by atoms with Gasteiger partial charge in [0.1, 0.15) is 0 Å². The van der Waals surface area contributed by atoms with Gasteiger partial charge in [-0.05, 0) is 34.7 Å². The number of hydrogen-bond donors (Lipinski definition) is 0. The van der Waals surface area contributed by atoms with Crippen LogP contribution in [0.25, 0.3) is 0 Å². The van der Waals surface area contributed by atoms with Crippen LogP contribution in [0.15, 0.2) is 18.2 Å². The second-order valence-electron chi connectivity index (χ2n) is 1.98. The summed E-state index contributed by atoms with van der Waals surface area (Å²) in [5.41, 5.74) is 0.0799. The smallest absolute Gasteiger partial charge is 0.545 e. The number of benzene rings is 1. The van der Waals surface area contributed by atoms with E-state index < -0.39 is 5.97 Å². The van der Waals surface area contributed by atoms with Crippen molar-refractivity contribution in [2.24, 2.45) is 0 Å². The van der Waals surface area contributed by atoms with Gasteiger partial charge >= 0.3 is 18.9 Å². The number of carbonyl (C=O) groups excluding carboxylic acids is 1. The zero-order valence-corrected chi connectivity index (χ0v) is 11.0. The SMILES string of the molecule is O=C([O-])c1cccc(I)c1OI.[Li+]. The van der Waals surface area contributed by atoms with Gasteiger partial charge in [-0.1, -0.05) is 6.07 Å². The van der Waals surface area contributed by atoms with Crippen LogP contribution in [0.3, 0.4) is 0 Å². The molecule has 6 heteroatoms. The second-order valence-corrected chi connectivity index (χ2v) is 3.58. The van der Waals surface area contributed by atoms with Crippen LogP contribution in [-0.2, 0) is 0 Å². The third kappa shape index (κ3) is 3.31. The van der Waals surface area contributed by atoms with Crippen LogP contribution in [0.4, 0.5) is 0 Å². The zero-order valence-electron chi connectivity index (χ0n) is 6.71. The van der Waals surface area contributed by atoms with Gasteiger partial charge in [-0.25, -0.2) is 0 Å². The summed E-state index contributed by atoms with van der Waals surface area (Å²) in [5, 5.41) is 10.5. The van der Waals surface area contributed by atoms with Crippen molar-refractivity contribution in [1.29, 1.82) is 0 Å². The standard InChI is InChI=1S/C7H4I2O3.Li/c8-5-3-1-2-4(7(10)11)6(5)12-9;/h1-3H,(H,10,11);/q;+1/p-1. The van der Waals surface area contributed by atoms with E-state index in [4.69, 9.17) is 3.07 Å². The second kappa shape index (κ2) is 6.11. The fraction of sp³-hybridized carbons (Fsp3) is 0. The molecule has 0 radical (unpaired) electrons. The number of para-hydroxylation sites is 1. The summed E-state index contributed by atoms with van der Waals surface area (Å²) in [6, 6.07) is 4.86. The average Bonchev–Trinajstić information content (AvgIpc) is 2.03. The first-order valence-corrected chi connectivity index (χ1v) is 4.91. The first-order valence-electron chi connectivity index (χ1n) is 2.95. The first kappa shape index (κ1) is 13.5. The number of carboxylic acid groups (broad SMARTS) is 1. The van der Waals surface area contributed by atoms with Crippen molar-refractivity contribution in [2.45, 2.75) is 0 Å². The topological polar surface area (TPSA) is 49.4 Å². The van der Waals surface area contributed by atoms with Gasteiger partial charge in [0.15, 0.2) is 28.8 Å². The van der Waals surface area contributed by atoms with Crippen LogP contribution >= 0.6 is 45.6 Å². The molecule has 0 saturated carbocycles. The maximum Gasteiger partial charge on any atom is 1.00 e. The first-order chi connectivity index (χ1) is 5.66. The minimum Gasteiger partial charge on any atom is -0.545 e. The van der Waals surface area contributed by atoms with Crippen molar-refractivity contribution >= 4 is 51.6 Å². The molecule has 0 aromatic heterocycles. The molecular formula is C7H3I2LiO3. The van der Waals surface area contributed by atoms with Gasteiger partial charge in [-0.2, -0.15) is 0 Å². The van der Waals surface area contributed by atoms with E-state index in [0.29, 0.717) is 5.75 Å². The largest absolute Gasteiger partial charge is 1.00 e. The number of carbonyl (C=O) groups is 1. The Morgan fingerprint density at radius 1 is 1.46 bits per heavy atom. The van der Waals surface area contributed by atoms with Crippen LogP contribution in [0.2, 0.25) is 0 Å². The quantitative estimate of drug-likeness (QED) is 0.447. The van der Waals surface area contributed by atoms with Crippen LogP contribution in [0.5, 0.6) is 5.75 Å². The Balaban J connectivity index is 0.00000144. The molecule has 0 saturated heterocycles. The molecule has 0 aliphatic rings. The van der Waals surface area contributed by atoms with E-state index in [0.717, 1.165) is 3.57 Å². The average molecular weight is 396 g/mol. The van der Waals surface area contributed by atoms with Crippen LogP contribution < -0.4 is 27.0 Å². The summed E-state index contributed by atoms with van der Waals surface area (Å²) < 4.78 is 5.63. The van der Waals surface area contributed by atoms with Gasteiger partial charge in [0.2, 0.25) is 0 Å². The van der Waals surface area contributed by atoms with Gasteiger partial charge in [-0.3, -0.25) is 0 Å². The third-order valence-corrected chi connectivity index (χ3v) is 2.55. The number of rotatable bonds is 2. The summed E-state index contributed by atoms with van der Waals surface area (Å²) in [7, 11) is 0. The Kier molecular flexibility index (Phi) is 6.37. The zero-order chi connectivity index (χ0) is 9.14. The Morgan fingerprint density at radius 2 is 2.08 bits per heavy atom. The van der Waals surface area contributed by atoms with Gasteiger partial charge in [-0.15, -0.1) is 0 Å². The molecular weight excluding hydrogens is 393 g/mol. The van der Waals surface area contributed by atoms with Gasteiger partial charge in [0, 0.05) is 5.56 Å². The van der Waals surface area contributed by atoms with Gasteiger partial charge < -0.3 is 13.0 Å².